The summed E-state index contributed by atoms with van der Waals surface area (Å²) in [6.45, 7) is 6.05. The second kappa shape index (κ2) is 7.37. The first-order valence-electron chi connectivity index (χ1n) is 9.04. The lowest BCUT2D eigenvalue weighted by Crippen LogP contribution is -2.21. The Morgan fingerprint density at radius 3 is 2.67 bits per heavy atom. The molecule has 0 aliphatic rings. The maximum atomic E-state index is 12.4. The van der Waals surface area contributed by atoms with Gasteiger partial charge in [0.05, 0.1) is 15.8 Å². The molecule has 0 radical (unpaired) electrons. The van der Waals surface area contributed by atoms with Gasteiger partial charge in [-0.1, -0.05) is 12.1 Å². The molecule has 0 aliphatic carbocycles. The van der Waals surface area contributed by atoms with E-state index in [9.17, 15) is 4.79 Å². The van der Waals surface area contributed by atoms with Crippen LogP contribution in [0.5, 0.6) is 0 Å². The zero-order valence-corrected chi connectivity index (χ0v) is 16.1. The Balaban J connectivity index is 1.68. The fourth-order valence-electron chi connectivity index (χ4n) is 3.14. The first-order valence-corrected chi connectivity index (χ1v) is 9.86. The summed E-state index contributed by atoms with van der Waals surface area (Å²) in [5.41, 5.74) is 2.83. The van der Waals surface area contributed by atoms with E-state index in [4.69, 9.17) is 4.42 Å². The van der Waals surface area contributed by atoms with Crippen LogP contribution >= 0.6 is 11.3 Å². The van der Waals surface area contributed by atoms with Crippen LogP contribution in [-0.2, 0) is 0 Å². The zero-order chi connectivity index (χ0) is 18.8. The number of hydrogen-bond acceptors (Lipinski definition) is 5. The molecule has 136 valence electrons. The van der Waals surface area contributed by atoms with Crippen molar-refractivity contribution in [3.8, 4) is 0 Å². The van der Waals surface area contributed by atoms with Crippen molar-refractivity contribution in [2.24, 2.45) is 0 Å². The standard InChI is InChI=1S/C22H20N2O2S/c1-3-24(4-2)17-11-9-15-13-16(22(25)26-19(15)14-17)10-12-21-23-18-7-5-6-8-20(18)27-21/h5-14H,3-4H2,1-2H3. The van der Waals surface area contributed by atoms with Gasteiger partial charge in [-0.05, 0) is 56.3 Å². The maximum Gasteiger partial charge on any atom is 0.343 e. The third-order valence-electron chi connectivity index (χ3n) is 4.59. The highest BCUT2D eigenvalue weighted by Gasteiger charge is 2.07. The molecule has 0 amide bonds. The normalized spacial score (nSPS) is 11.6. The van der Waals surface area contributed by atoms with Crippen LogP contribution in [0, 0.1) is 0 Å². The van der Waals surface area contributed by atoms with E-state index >= 15 is 0 Å². The van der Waals surface area contributed by atoms with E-state index in [1.165, 1.54) is 0 Å². The molecule has 0 aliphatic heterocycles. The fourth-order valence-corrected chi connectivity index (χ4v) is 4.01. The second-order valence-electron chi connectivity index (χ2n) is 6.24. The quantitative estimate of drug-likeness (QED) is 0.436. The fraction of sp³-hybridized carbons (Fsp3) is 0.182. The lowest BCUT2D eigenvalue weighted by Gasteiger charge is -2.20. The van der Waals surface area contributed by atoms with E-state index in [-0.39, 0.29) is 5.63 Å². The van der Waals surface area contributed by atoms with Crippen LogP contribution < -0.4 is 10.5 Å². The van der Waals surface area contributed by atoms with Gasteiger partial charge >= 0.3 is 5.63 Å². The molecule has 0 unspecified atom stereocenters. The summed E-state index contributed by atoms with van der Waals surface area (Å²) in [7, 11) is 0. The predicted octanol–water partition coefficient (Wildman–Crippen LogP) is 5.42. The Bertz CT molecular complexity index is 1150. The summed E-state index contributed by atoms with van der Waals surface area (Å²) in [5, 5.41) is 1.78. The number of hydrogen-bond donors (Lipinski definition) is 0. The number of thiazole rings is 1. The lowest BCUT2D eigenvalue weighted by atomic mass is 10.1. The van der Waals surface area contributed by atoms with Crippen LogP contribution in [-0.4, -0.2) is 18.1 Å². The molecule has 0 saturated carbocycles. The van der Waals surface area contributed by atoms with Crippen molar-refractivity contribution in [2.75, 3.05) is 18.0 Å². The van der Waals surface area contributed by atoms with E-state index in [2.05, 4.69) is 29.8 Å². The van der Waals surface area contributed by atoms with E-state index in [1.54, 1.807) is 17.4 Å². The van der Waals surface area contributed by atoms with E-state index < -0.39 is 0 Å². The summed E-state index contributed by atoms with van der Waals surface area (Å²) in [5.74, 6) is 0. The lowest BCUT2D eigenvalue weighted by molar-refractivity contribution is 0.559. The number of rotatable bonds is 5. The van der Waals surface area contributed by atoms with Gasteiger partial charge in [-0.2, -0.15) is 0 Å². The molecule has 0 bridgehead atoms. The summed E-state index contributed by atoms with van der Waals surface area (Å²) < 4.78 is 6.70. The Morgan fingerprint density at radius 2 is 1.89 bits per heavy atom. The average molecular weight is 376 g/mol. The second-order valence-corrected chi connectivity index (χ2v) is 7.30. The minimum absolute atomic E-state index is 0.337. The number of benzene rings is 2. The Labute approximate surface area is 161 Å². The van der Waals surface area contributed by atoms with Gasteiger partial charge in [0.1, 0.15) is 10.6 Å². The number of para-hydroxylation sites is 1. The predicted molar refractivity (Wildman–Crippen MR) is 115 cm³/mol. The largest absolute Gasteiger partial charge is 0.422 e. The van der Waals surface area contributed by atoms with Gasteiger partial charge in [-0.15, -0.1) is 11.3 Å². The molecule has 27 heavy (non-hydrogen) atoms. The Kier molecular flexibility index (Phi) is 4.77. The third kappa shape index (κ3) is 3.51. The molecular weight excluding hydrogens is 356 g/mol. The van der Waals surface area contributed by atoms with Crippen LogP contribution in [0.25, 0.3) is 33.3 Å². The van der Waals surface area contributed by atoms with Gasteiger partial charge < -0.3 is 9.32 Å². The molecule has 4 aromatic rings. The molecule has 0 spiro atoms. The van der Waals surface area contributed by atoms with Crippen LogP contribution in [0.1, 0.15) is 24.4 Å². The molecule has 2 heterocycles. The first kappa shape index (κ1) is 17.5. The SMILES string of the molecule is CCN(CC)c1ccc2cc(C=Cc3nc4ccccc4s3)c(=O)oc2c1. The summed E-state index contributed by atoms with van der Waals surface area (Å²) in [6.07, 6.45) is 3.65. The van der Waals surface area contributed by atoms with E-state index in [0.717, 1.165) is 39.4 Å². The highest BCUT2D eigenvalue weighted by Crippen LogP contribution is 2.24. The third-order valence-corrected chi connectivity index (χ3v) is 5.59. The summed E-state index contributed by atoms with van der Waals surface area (Å²) in [4.78, 5) is 19.2. The summed E-state index contributed by atoms with van der Waals surface area (Å²) >= 11 is 1.60. The molecule has 0 atom stereocenters. The van der Waals surface area contributed by atoms with Crippen molar-refractivity contribution in [1.82, 2.24) is 4.98 Å². The summed E-state index contributed by atoms with van der Waals surface area (Å²) in [6, 6.07) is 15.9. The molecule has 2 aromatic heterocycles. The van der Waals surface area contributed by atoms with Gasteiger partial charge in [-0.25, -0.2) is 9.78 Å². The Morgan fingerprint density at radius 1 is 1.07 bits per heavy atom. The van der Waals surface area contributed by atoms with Crippen LogP contribution in [0.15, 0.2) is 57.7 Å². The van der Waals surface area contributed by atoms with Gasteiger partial charge in [0, 0.05) is 30.2 Å². The molecule has 4 nitrogen and oxygen atoms in total. The minimum Gasteiger partial charge on any atom is -0.422 e. The van der Waals surface area contributed by atoms with Gasteiger partial charge in [-0.3, -0.25) is 0 Å². The van der Waals surface area contributed by atoms with Crippen molar-refractivity contribution in [3.05, 3.63) is 69.5 Å². The molecular formula is C22H20N2O2S. The molecule has 0 N–H and O–H groups in total. The molecule has 5 heteroatoms. The van der Waals surface area contributed by atoms with Gasteiger partial charge in [0.2, 0.25) is 0 Å². The zero-order valence-electron chi connectivity index (χ0n) is 15.3. The molecule has 0 fully saturated rings. The maximum absolute atomic E-state index is 12.4. The highest BCUT2D eigenvalue weighted by atomic mass is 32.1. The number of nitrogens with zero attached hydrogens (tertiary/aromatic N) is 2. The average Bonchev–Trinajstić information content (AvgIpc) is 3.10. The van der Waals surface area contributed by atoms with E-state index in [1.807, 2.05) is 48.5 Å². The number of aromatic nitrogens is 1. The van der Waals surface area contributed by atoms with E-state index in [0.29, 0.717) is 11.1 Å². The number of anilines is 1. The van der Waals surface area contributed by atoms with Crippen molar-refractivity contribution >= 4 is 50.4 Å². The van der Waals surface area contributed by atoms with Crippen LogP contribution in [0.2, 0.25) is 0 Å². The smallest absolute Gasteiger partial charge is 0.343 e. The monoisotopic (exact) mass is 376 g/mol. The van der Waals surface area contributed by atoms with Gasteiger partial charge in [0.15, 0.2) is 0 Å². The molecule has 4 rings (SSSR count). The van der Waals surface area contributed by atoms with Crippen molar-refractivity contribution < 1.29 is 4.42 Å². The molecule has 0 saturated heterocycles. The minimum atomic E-state index is -0.337. The van der Waals surface area contributed by atoms with Crippen LogP contribution in [0.4, 0.5) is 5.69 Å². The molecule has 2 aromatic carbocycles. The van der Waals surface area contributed by atoms with Crippen molar-refractivity contribution in [2.45, 2.75) is 13.8 Å². The van der Waals surface area contributed by atoms with Crippen molar-refractivity contribution in [3.63, 3.8) is 0 Å². The van der Waals surface area contributed by atoms with Crippen LogP contribution in [0.3, 0.4) is 0 Å². The topological polar surface area (TPSA) is 46.3 Å². The Hall–Kier alpha value is -2.92. The first-order chi connectivity index (χ1) is 13.2. The van der Waals surface area contributed by atoms with Gasteiger partial charge in [0.25, 0.3) is 0 Å². The highest BCUT2D eigenvalue weighted by molar-refractivity contribution is 7.19. The number of fused-ring (bicyclic) bond motifs is 2. The van der Waals surface area contributed by atoms with Crippen molar-refractivity contribution in [1.29, 1.82) is 0 Å².